The minimum absolute atomic E-state index is 0.707. The summed E-state index contributed by atoms with van der Waals surface area (Å²) in [4.78, 5) is 0. The molecular weight excluding hydrogens is 348 g/mol. The Morgan fingerprint density at radius 1 is 0.517 bits per heavy atom. The lowest BCUT2D eigenvalue weighted by Crippen LogP contribution is -2.56. The molecule has 0 heterocycles. The lowest BCUT2D eigenvalue weighted by atomic mass is 9.38. The van der Waals surface area contributed by atoms with Gasteiger partial charge in [0.1, 0.15) is 0 Å². The van der Waals surface area contributed by atoms with E-state index >= 15 is 0 Å². The maximum atomic E-state index is 2.58. The van der Waals surface area contributed by atoms with Crippen molar-refractivity contribution in [2.24, 2.45) is 56.2 Å². The quantitative estimate of drug-likeness (QED) is 0.435. The first-order chi connectivity index (χ1) is 13.2. The first kappa shape index (κ1) is 20.9. The maximum absolute atomic E-state index is 2.58. The van der Waals surface area contributed by atoms with Crippen LogP contribution < -0.4 is 0 Å². The molecule has 8 bridgehead atoms. The summed E-state index contributed by atoms with van der Waals surface area (Å²) in [6.45, 7) is 20.1. The Kier molecular flexibility index (Phi) is 4.22. The first-order valence-corrected chi connectivity index (χ1v) is 13.2. The van der Waals surface area contributed by atoms with Gasteiger partial charge in [-0.1, -0.05) is 55.4 Å². The lowest BCUT2D eigenvalue weighted by Gasteiger charge is -2.67. The summed E-state index contributed by atoms with van der Waals surface area (Å²) in [5, 5.41) is 0. The first-order valence-electron chi connectivity index (χ1n) is 13.2. The van der Waals surface area contributed by atoms with E-state index in [0.717, 1.165) is 45.3 Å². The average Bonchev–Trinajstić information content (AvgIpc) is 2.82. The summed E-state index contributed by atoms with van der Waals surface area (Å²) >= 11 is 0. The summed E-state index contributed by atoms with van der Waals surface area (Å²) in [6.07, 6.45) is 16.9. The average molecular weight is 399 g/mol. The second-order valence-corrected chi connectivity index (χ2v) is 15.8. The number of rotatable bonds is 2. The van der Waals surface area contributed by atoms with E-state index in [1.54, 1.807) is 19.3 Å². The predicted molar refractivity (Wildman–Crippen MR) is 125 cm³/mol. The Hall–Kier alpha value is 0. The van der Waals surface area contributed by atoms with Crippen molar-refractivity contribution in [3.05, 3.63) is 0 Å². The SMILES string of the molecule is CC(C)C12CC3(C)CC1CC(C)(C3)C2.CC(C)C12CC3CC(C)(CC(C)(C3)C1)C2. The molecule has 4 atom stereocenters. The van der Waals surface area contributed by atoms with E-state index in [-0.39, 0.29) is 0 Å². The van der Waals surface area contributed by atoms with E-state index in [0.29, 0.717) is 10.8 Å². The Morgan fingerprint density at radius 2 is 0.966 bits per heavy atom. The molecule has 0 aromatic heterocycles. The summed E-state index contributed by atoms with van der Waals surface area (Å²) in [5.74, 6) is 3.96. The number of hydrogen-bond acceptors (Lipinski definition) is 0. The van der Waals surface area contributed by atoms with Gasteiger partial charge in [0.05, 0.1) is 0 Å². The smallest absolute Gasteiger partial charge is 0.0235 e. The predicted octanol–water partition coefficient (Wildman–Crippen LogP) is 8.89. The van der Waals surface area contributed by atoms with Crippen LogP contribution in [0.3, 0.4) is 0 Å². The second kappa shape index (κ2) is 5.86. The van der Waals surface area contributed by atoms with Crippen LogP contribution in [0.2, 0.25) is 0 Å². The molecule has 0 aromatic carbocycles. The maximum Gasteiger partial charge on any atom is -0.0235 e. The van der Waals surface area contributed by atoms with Crippen LogP contribution in [0.25, 0.3) is 0 Å². The second-order valence-electron chi connectivity index (χ2n) is 15.8. The molecule has 0 heteroatoms. The molecule has 0 aliphatic heterocycles. The van der Waals surface area contributed by atoms with Crippen molar-refractivity contribution >= 4 is 0 Å². The summed E-state index contributed by atoms with van der Waals surface area (Å²) in [5.41, 5.74) is 4.34. The van der Waals surface area contributed by atoms with Crippen LogP contribution in [0.4, 0.5) is 0 Å². The van der Waals surface area contributed by atoms with Crippen LogP contribution in [0.1, 0.15) is 126 Å². The highest BCUT2D eigenvalue weighted by Crippen LogP contribution is 2.76. The molecule has 8 fully saturated rings. The standard InChI is InChI=1S/C15H26.C14H24/c1-11(2)15-7-12-5-13(3,9-15)8-14(4,6-12)10-15;1-10(2)14-8-12(3)5-11(14)6-13(4,7-12)9-14/h11-12H,5-10H2,1-4H3;10-11H,5-9H2,1-4H3. The van der Waals surface area contributed by atoms with Gasteiger partial charge in [-0.25, -0.2) is 0 Å². The zero-order valence-corrected chi connectivity index (χ0v) is 21.1. The van der Waals surface area contributed by atoms with Crippen LogP contribution in [0.5, 0.6) is 0 Å². The van der Waals surface area contributed by atoms with E-state index in [4.69, 9.17) is 0 Å². The van der Waals surface area contributed by atoms with Gasteiger partial charge in [-0.3, -0.25) is 0 Å². The van der Waals surface area contributed by atoms with Crippen molar-refractivity contribution in [2.75, 3.05) is 0 Å². The van der Waals surface area contributed by atoms with Crippen LogP contribution >= 0.6 is 0 Å². The van der Waals surface area contributed by atoms with Gasteiger partial charge in [0, 0.05) is 0 Å². The Balaban J connectivity index is 0.000000125. The molecule has 8 aliphatic rings. The zero-order chi connectivity index (χ0) is 21.1. The molecular formula is C29H50. The van der Waals surface area contributed by atoms with Crippen LogP contribution in [0, 0.1) is 56.2 Å². The van der Waals surface area contributed by atoms with Crippen LogP contribution in [-0.4, -0.2) is 0 Å². The van der Waals surface area contributed by atoms with Gasteiger partial charge in [0.15, 0.2) is 0 Å². The van der Waals surface area contributed by atoms with Gasteiger partial charge in [0.25, 0.3) is 0 Å². The van der Waals surface area contributed by atoms with Gasteiger partial charge in [0.2, 0.25) is 0 Å². The van der Waals surface area contributed by atoms with Gasteiger partial charge in [-0.15, -0.1) is 0 Å². The molecule has 8 saturated carbocycles. The molecule has 29 heavy (non-hydrogen) atoms. The number of hydrogen-bond donors (Lipinski definition) is 0. The molecule has 0 amide bonds. The fraction of sp³-hybridized carbons (Fsp3) is 1.00. The van der Waals surface area contributed by atoms with Crippen molar-refractivity contribution < 1.29 is 0 Å². The van der Waals surface area contributed by atoms with Crippen molar-refractivity contribution in [2.45, 2.75) is 126 Å². The molecule has 0 N–H and O–H groups in total. The molecule has 8 rings (SSSR count). The third-order valence-corrected chi connectivity index (χ3v) is 11.7. The normalized spacial score (nSPS) is 59.0. The molecule has 0 aromatic rings. The highest BCUT2D eigenvalue weighted by Gasteiger charge is 2.66. The van der Waals surface area contributed by atoms with E-state index in [9.17, 15) is 0 Å². The van der Waals surface area contributed by atoms with Crippen molar-refractivity contribution in [3.63, 3.8) is 0 Å². The van der Waals surface area contributed by atoms with Gasteiger partial charge < -0.3 is 0 Å². The molecule has 8 aliphatic carbocycles. The monoisotopic (exact) mass is 398 g/mol. The summed E-state index contributed by atoms with van der Waals surface area (Å²) in [7, 11) is 0. The highest BCUT2D eigenvalue weighted by molar-refractivity contribution is 5.16. The minimum Gasteiger partial charge on any atom is -0.0622 e. The van der Waals surface area contributed by atoms with Gasteiger partial charge >= 0.3 is 0 Å². The lowest BCUT2D eigenvalue weighted by molar-refractivity contribution is -0.162. The molecule has 166 valence electrons. The van der Waals surface area contributed by atoms with Crippen LogP contribution in [0.15, 0.2) is 0 Å². The summed E-state index contributed by atoms with van der Waals surface area (Å²) < 4.78 is 0. The Bertz CT molecular complexity index is 646. The van der Waals surface area contributed by atoms with Crippen molar-refractivity contribution in [1.29, 1.82) is 0 Å². The molecule has 4 unspecified atom stereocenters. The minimum atomic E-state index is 0.707. The third kappa shape index (κ3) is 3.03. The largest absolute Gasteiger partial charge is 0.0622 e. The molecule has 0 saturated heterocycles. The zero-order valence-electron chi connectivity index (χ0n) is 21.1. The van der Waals surface area contributed by atoms with E-state index in [1.807, 2.05) is 0 Å². The molecule has 0 spiro atoms. The van der Waals surface area contributed by atoms with E-state index in [1.165, 1.54) is 51.4 Å². The highest BCUT2D eigenvalue weighted by atomic mass is 14.7. The van der Waals surface area contributed by atoms with Crippen molar-refractivity contribution in [1.82, 2.24) is 0 Å². The van der Waals surface area contributed by atoms with E-state index < -0.39 is 0 Å². The molecule has 0 nitrogen and oxygen atoms in total. The van der Waals surface area contributed by atoms with Crippen LogP contribution in [-0.2, 0) is 0 Å². The van der Waals surface area contributed by atoms with E-state index in [2.05, 4.69) is 55.4 Å². The van der Waals surface area contributed by atoms with Crippen molar-refractivity contribution in [3.8, 4) is 0 Å². The topological polar surface area (TPSA) is 0 Å². The summed E-state index contributed by atoms with van der Waals surface area (Å²) in [6, 6.07) is 0. The van der Waals surface area contributed by atoms with Gasteiger partial charge in [-0.05, 0) is 127 Å². The third-order valence-electron chi connectivity index (χ3n) is 11.7. The van der Waals surface area contributed by atoms with Gasteiger partial charge in [-0.2, -0.15) is 0 Å². The fourth-order valence-electron chi connectivity index (χ4n) is 12.1. The Morgan fingerprint density at radius 3 is 1.31 bits per heavy atom. The molecule has 0 radical (unpaired) electrons. The Labute approximate surface area is 182 Å². The fourth-order valence-corrected chi connectivity index (χ4v) is 12.1.